The third-order valence-electron chi connectivity index (χ3n) is 3.78. The fraction of sp³-hybridized carbons (Fsp3) is 0.562. The molecule has 22 heavy (non-hydrogen) atoms. The number of para-hydroxylation sites is 1. The summed E-state index contributed by atoms with van der Waals surface area (Å²) >= 11 is 0. The Balaban J connectivity index is 0.00000220. The van der Waals surface area contributed by atoms with Gasteiger partial charge < -0.3 is 15.5 Å². The highest BCUT2D eigenvalue weighted by Crippen LogP contribution is 2.16. The number of rotatable bonds is 4. The molecule has 1 aliphatic heterocycles. The molecule has 1 fully saturated rings. The Hall–Kier alpha value is -0.970. The van der Waals surface area contributed by atoms with Gasteiger partial charge in [0, 0.05) is 44.3 Å². The Morgan fingerprint density at radius 3 is 2.45 bits per heavy atom. The Bertz CT molecular complexity index is 429. The van der Waals surface area contributed by atoms with Crippen LogP contribution in [0.5, 0.6) is 0 Å². The van der Waals surface area contributed by atoms with E-state index in [4.69, 9.17) is 5.73 Å². The summed E-state index contributed by atoms with van der Waals surface area (Å²) < 4.78 is 0. The molecule has 0 aromatic heterocycles. The van der Waals surface area contributed by atoms with Crippen molar-refractivity contribution in [3.05, 3.63) is 30.3 Å². The van der Waals surface area contributed by atoms with Gasteiger partial charge in [-0.2, -0.15) is 0 Å². The lowest BCUT2D eigenvalue weighted by atomic mass is 10.2. The van der Waals surface area contributed by atoms with Gasteiger partial charge in [0.05, 0.1) is 0 Å². The predicted octanol–water partition coefficient (Wildman–Crippen LogP) is 2.70. The second kappa shape index (κ2) is 10.7. The highest BCUT2D eigenvalue weighted by Gasteiger charge is 2.19. The summed E-state index contributed by atoms with van der Waals surface area (Å²) in [7, 11) is 0. The second-order valence-electron chi connectivity index (χ2n) is 5.57. The van der Waals surface area contributed by atoms with E-state index in [1.165, 1.54) is 5.69 Å². The lowest BCUT2D eigenvalue weighted by Gasteiger charge is -2.24. The quantitative estimate of drug-likeness (QED) is 0.910. The van der Waals surface area contributed by atoms with Crippen LogP contribution < -0.4 is 10.6 Å². The van der Waals surface area contributed by atoms with Crippen LogP contribution in [0.4, 0.5) is 5.69 Å². The van der Waals surface area contributed by atoms with E-state index < -0.39 is 0 Å². The van der Waals surface area contributed by atoms with E-state index in [9.17, 15) is 4.79 Å². The van der Waals surface area contributed by atoms with Crippen molar-refractivity contribution in [1.82, 2.24) is 4.90 Å². The lowest BCUT2D eigenvalue weighted by molar-refractivity contribution is -0.131. The topological polar surface area (TPSA) is 49.6 Å². The zero-order chi connectivity index (χ0) is 14.4. The number of anilines is 1. The number of nitrogens with two attached hydrogens (primary N) is 1. The number of hydrogen-bond acceptors (Lipinski definition) is 3. The van der Waals surface area contributed by atoms with Gasteiger partial charge in [0.15, 0.2) is 0 Å². The summed E-state index contributed by atoms with van der Waals surface area (Å²) in [5.41, 5.74) is 6.97. The van der Waals surface area contributed by atoms with Crippen LogP contribution in [0.25, 0.3) is 0 Å². The maximum atomic E-state index is 12.2. The molecule has 1 atom stereocenters. The van der Waals surface area contributed by atoms with Crippen LogP contribution in [0, 0.1) is 0 Å². The first-order valence-electron chi connectivity index (χ1n) is 7.50. The van der Waals surface area contributed by atoms with Crippen molar-refractivity contribution >= 4 is 36.4 Å². The summed E-state index contributed by atoms with van der Waals surface area (Å²) in [6, 6.07) is 10.5. The molecule has 0 spiro atoms. The van der Waals surface area contributed by atoms with Gasteiger partial charge in [0.25, 0.3) is 0 Å². The van der Waals surface area contributed by atoms with Crippen molar-refractivity contribution in [3.63, 3.8) is 0 Å². The van der Waals surface area contributed by atoms with Crippen LogP contribution in [0.3, 0.4) is 0 Å². The fourth-order valence-corrected chi connectivity index (χ4v) is 2.57. The molecular weight excluding hydrogens is 321 g/mol. The average molecular weight is 348 g/mol. The van der Waals surface area contributed by atoms with Crippen molar-refractivity contribution in [3.8, 4) is 0 Å². The summed E-state index contributed by atoms with van der Waals surface area (Å²) in [5, 5.41) is 0. The summed E-state index contributed by atoms with van der Waals surface area (Å²) in [4.78, 5) is 16.5. The number of nitrogens with zero attached hydrogens (tertiary/aromatic N) is 2. The van der Waals surface area contributed by atoms with Gasteiger partial charge in [0.2, 0.25) is 5.91 Å². The first-order chi connectivity index (χ1) is 9.66. The molecule has 1 aromatic carbocycles. The number of halogens is 2. The predicted molar refractivity (Wildman–Crippen MR) is 97.2 cm³/mol. The average Bonchev–Trinajstić information content (AvgIpc) is 2.71. The number of benzene rings is 1. The smallest absolute Gasteiger partial charge is 0.222 e. The Kier molecular flexibility index (Phi) is 10.2. The molecule has 1 unspecified atom stereocenters. The van der Waals surface area contributed by atoms with Crippen LogP contribution in [0.15, 0.2) is 30.3 Å². The molecule has 0 saturated carbocycles. The summed E-state index contributed by atoms with van der Waals surface area (Å²) in [5.74, 6) is 0.247. The van der Waals surface area contributed by atoms with Crippen LogP contribution in [-0.4, -0.2) is 43.0 Å². The van der Waals surface area contributed by atoms with Crippen molar-refractivity contribution in [2.75, 3.05) is 31.1 Å². The van der Waals surface area contributed by atoms with Crippen LogP contribution in [-0.2, 0) is 4.79 Å². The molecule has 1 saturated heterocycles. The molecule has 0 aliphatic carbocycles. The minimum atomic E-state index is 0. The molecule has 1 aromatic rings. The molecule has 4 nitrogen and oxygen atoms in total. The van der Waals surface area contributed by atoms with E-state index >= 15 is 0 Å². The number of carbonyl (C=O) groups is 1. The van der Waals surface area contributed by atoms with Crippen molar-refractivity contribution in [2.24, 2.45) is 5.73 Å². The van der Waals surface area contributed by atoms with Crippen LogP contribution in [0.2, 0.25) is 0 Å². The molecule has 1 amide bonds. The van der Waals surface area contributed by atoms with E-state index in [1.54, 1.807) is 0 Å². The summed E-state index contributed by atoms with van der Waals surface area (Å²) in [6.45, 7) is 5.55. The van der Waals surface area contributed by atoms with Crippen LogP contribution >= 0.6 is 24.8 Å². The maximum Gasteiger partial charge on any atom is 0.222 e. The molecule has 6 heteroatoms. The van der Waals surface area contributed by atoms with Gasteiger partial charge in [-0.1, -0.05) is 18.2 Å². The Morgan fingerprint density at radius 1 is 1.14 bits per heavy atom. The van der Waals surface area contributed by atoms with E-state index in [0.717, 1.165) is 39.0 Å². The third kappa shape index (κ3) is 6.42. The van der Waals surface area contributed by atoms with E-state index in [2.05, 4.69) is 29.2 Å². The first-order valence-corrected chi connectivity index (χ1v) is 7.50. The molecular formula is C16H27Cl2N3O. The van der Waals surface area contributed by atoms with Crippen molar-refractivity contribution < 1.29 is 4.79 Å². The summed E-state index contributed by atoms with van der Waals surface area (Å²) in [6.07, 6.45) is 2.37. The molecule has 0 radical (unpaired) electrons. The van der Waals surface area contributed by atoms with Crippen LogP contribution in [0.1, 0.15) is 26.2 Å². The number of carbonyl (C=O) groups excluding carboxylic acids is 1. The van der Waals surface area contributed by atoms with Crippen molar-refractivity contribution in [2.45, 2.75) is 32.2 Å². The Morgan fingerprint density at radius 2 is 1.82 bits per heavy atom. The van der Waals surface area contributed by atoms with E-state index in [-0.39, 0.29) is 36.8 Å². The highest BCUT2D eigenvalue weighted by molar-refractivity contribution is 5.85. The Labute approximate surface area is 145 Å². The molecule has 2 rings (SSSR count). The normalized spacial score (nSPS) is 16.1. The molecule has 1 heterocycles. The number of hydrogen-bond donors (Lipinski definition) is 1. The fourth-order valence-electron chi connectivity index (χ4n) is 2.57. The maximum absolute atomic E-state index is 12.2. The lowest BCUT2D eigenvalue weighted by Crippen LogP contribution is -2.35. The third-order valence-corrected chi connectivity index (χ3v) is 3.78. The van der Waals surface area contributed by atoms with E-state index in [1.807, 2.05) is 17.9 Å². The molecule has 0 bridgehead atoms. The SMILES string of the molecule is CC(N)CCC(=O)N1CCCN(c2ccccc2)CC1.Cl.Cl. The largest absolute Gasteiger partial charge is 0.370 e. The van der Waals surface area contributed by atoms with E-state index in [0.29, 0.717) is 6.42 Å². The molecule has 126 valence electrons. The van der Waals surface area contributed by atoms with Gasteiger partial charge >= 0.3 is 0 Å². The van der Waals surface area contributed by atoms with Gasteiger partial charge in [-0.25, -0.2) is 0 Å². The van der Waals surface area contributed by atoms with Crippen molar-refractivity contribution in [1.29, 1.82) is 0 Å². The van der Waals surface area contributed by atoms with Gasteiger partial charge in [0.1, 0.15) is 0 Å². The zero-order valence-electron chi connectivity index (χ0n) is 13.1. The molecule has 2 N–H and O–H groups in total. The first kappa shape index (κ1) is 21.0. The van der Waals surface area contributed by atoms with Gasteiger partial charge in [-0.15, -0.1) is 24.8 Å². The number of amides is 1. The standard InChI is InChI=1S/C16H25N3O.2ClH/c1-14(17)8-9-16(20)19-11-5-10-18(12-13-19)15-6-3-2-4-7-15;;/h2-4,6-7,14H,5,8-13,17H2,1H3;2*1H. The second-order valence-corrected chi connectivity index (χ2v) is 5.57. The molecule has 1 aliphatic rings. The zero-order valence-corrected chi connectivity index (χ0v) is 14.7. The van der Waals surface area contributed by atoms with Gasteiger partial charge in [-0.3, -0.25) is 4.79 Å². The monoisotopic (exact) mass is 347 g/mol. The highest BCUT2D eigenvalue weighted by atomic mass is 35.5. The minimum Gasteiger partial charge on any atom is -0.370 e. The van der Waals surface area contributed by atoms with Gasteiger partial charge in [-0.05, 0) is 31.9 Å². The minimum absolute atomic E-state index is 0.